The molecule has 2 aromatic rings. The fourth-order valence-corrected chi connectivity index (χ4v) is 2.15. The summed E-state index contributed by atoms with van der Waals surface area (Å²) in [5.41, 5.74) is 8.94. The van der Waals surface area contributed by atoms with Crippen LogP contribution < -0.4 is 11.1 Å². The molecule has 17 heavy (non-hydrogen) atoms. The molecule has 0 radical (unpaired) electrons. The molecule has 90 valence electrons. The third kappa shape index (κ3) is 3.36. The Bertz CT molecular complexity index is 507. The molecule has 0 unspecified atom stereocenters. The summed E-state index contributed by atoms with van der Waals surface area (Å²) in [5, 5.41) is 7.47. The molecule has 0 fully saturated rings. The Balaban J connectivity index is 1.90. The maximum absolute atomic E-state index is 5.92. The second-order valence-electron chi connectivity index (χ2n) is 3.93. The first kappa shape index (κ1) is 12.2. The molecule has 0 spiro atoms. The van der Waals surface area contributed by atoms with E-state index in [9.17, 15) is 0 Å². The molecule has 3 N–H and O–H groups in total. The SMILES string of the molecule is Cn1cc(CCNc2ccc(I)cc2N)cn1. The van der Waals surface area contributed by atoms with E-state index in [1.165, 1.54) is 5.56 Å². The van der Waals surface area contributed by atoms with Gasteiger partial charge in [-0.15, -0.1) is 0 Å². The summed E-state index contributed by atoms with van der Waals surface area (Å²) in [7, 11) is 1.92. The molecule has 1 aromatic carbocycles. The standard InChI is InChI=1S/C12H15IN4/c1-17-8-9(7-16-17)4-5-15-12-3-2-10(13)6-11(12)14/h2-3,6-8,15H,4-5,14H2,1H3. The van der Waals surface area contributed by atoms with E-state index in [4.69, 9.17) is 5.73 Å². The number of aromatic nitrogens is 2. The molecular weight excluding hydrogens is 327 g/mol. The van der Waals surface area contributed by atoms with Gasteiger partial charge in [0.2, 0.25) is 0 Å². The molecule has 4 nitrogen and oxygen atoms in total. The van der Waals surface area contributed by atoms with Gasteiger partial charge in [-0.2, -0.15) is 5.10 Å². The highest BCUT2D eigenvalue weighted by Crippen LogP contribution is 2.20. The second kappa shape index (κ2) is 5.39. The van der Waals surface area contributed by atoms with E-state index in [2.05, 4.69) is 33.0 Å². The van der Waals surface area contributed by atoms with Crippen molar-refractivity contribution in [3.8, 4) is 0 Å². The van der Waals surface area contributed by atoms with E-state index in [0.29, 0.717) is 0 Å². The van der Waals surface area contributed by atoms with Crippen molar-refractivity contribution in [1.82, 2.24) is 9.78 Å². The van der Waals surface area contributed by atoms with Crippen LogP contribution in [0.15, 0.2) is 30.6 Å². The Morgan fingerprint density at radius 1 is 1.47 bits per heavy atom. The van der Waals surface area contributed by atoms with Crippen molar-refractivity contribution < 1.29 is 0 Å². The molecule has 0 aliphatic carbocycles. The van der Waals surface area contributed by atoms with Crippen LogP contribution >= 0.6 is 22.6 Å². The van der Waals surface area contributed by atoms with Gasteiger partial charge in [0.25, 0.3) is 0 Å². The fraction of sp³-hybridized carbons (Fsp3) is 0.250. The van der Waals surface area contributed by atoms with Crippen molar-refractivity contribution >= 4 is 34.0 Å². The summed E-state index contributed by atoms with van der Waals surface area (Å²) in [5.74, 6) is 0. The van der Waals surface area contributed by atoms with Crippen molar-refractivity contribution in [1.29, 1.82) is 0 Å². The van der Waals surface area contributed by atoms with Gasteiger partial charge in [0.1, 0.15) is 0 Å². The van der Waals surface area contributed by atoms with Gasteiger partial charge < -0.3 is 11.1 Å². The van der Waals surface area contributed by atoms with Crippen molar-refractivity contribution in [2.75, 3.05) is 17.6 Å². The van der Waals surface area contributed by atoms with E-state index in [1.54, 1.807) is 0 Å². The Morgan fingerprint density at radius 3 is 2.94 bits per heavy atom. The number of rotatable bonds is 4. The predicted octanol–water partition coefficient (Wildman–Crippen LogP) is 2.26. The van der Waals surface area contributed by atoms with Crippen LogP contribution in [-0.2, 0) is 13.5 Å². The highest BCUT2D eigenvalue weighted by atomic mass is 127. The van der Waals surface area contributed by atoms with Gasteiger partial charge in [0.15, 0.2) is 0 Å². The average molecular weight is 342 g/mol. The van der Waals surface area contributed by atoms with Crippen LogP contribution in [-0.4, -0.2) is 16.3 Å². The molecule has 2 rings (SSSR count). The molecule has 0 bridgehead atoms. The van der Waals surface area contributed by atoms with Gasteiger partial charge in [-0.25, -0.2) is 0 Å². The number of benzene rings is 1. The smallest absolute Gasteiger partial charge is 0.0574 e. The molecule has 1 heterocycles. The van der Waals surface area contributed by atoms with Gasteiger partial charge in [0, 0.05) is 23.4 Å². The zero-order valence-corrected chi connectivity index (χ0v) is 11.8. The van der Waals surface area contributed by atoms with Crippen molar-refractivity contribution in [2.45, 2.75) is 6.42 Å². The van der Waals surface area contributed by atoms with E-state index >= 15 is 0 Å². The van der Waals surface area contributed by atoms with Crippen LogP contribution in [0.1, 0.15) is 5.56 Å². The van der Waals surface area contributed by atoms with Gasteiger partial charge >= 0.3 is 0 Å². The first-order valence-electron chi connectivity index (χ1n) is 5.41. The molecular formula is C12H15IN4. The maximum Gasteiger partial charge on any atom is 0.0574 e. The summed E-state index contributed by atoms with van der Waals surface area (Å²) in [6, 6.07) is 6.02. The van der Waals surface area contributed by atoms with Crippen LogP contribution in [0, 0.1) is 3.57 Å². The zero-order valence-electron chi connectivity index (χ0n) is 9.65. The van der Waals surface area contributed by atoms with Crippen molar-refractivity contribution in [3.63, 3.8) is 0 Å². The van der Waals surface area contributed by atoms with Crippen LogP contribution in [0.5, 0.6) is 0 Å². The fourth-order valence-electron chi connectivity index (χ4n) is 1.64. The number of hydrogen-bond acceptors (Lipinski definition) is 3. The van der Waals surface area contributed by atoms with Crippen molar-refractivity contribution in [3.05, 3.63) is 39.7 Å². The van der Waals surface area contributed by atoms with Gasteiger partial charge in [0.05, 0.1) is 17.6 Å². The van der Waals surface area contributed by atoms with Gasteiger partial charge in [-0.1, -0.05) is 0 Å². The average Bonchev–Trinajstić information content (AvgIpc) is 2.68. The monoisotopic (exact) mass is 342 g/mol. The molecule has 0 saturated carbocycles. The topological polar surface area (TPSA) is 55.9 Å². The van der Waals surface area contributed by atoms with Gasteiger partial charge in [-0.3, -0.25) is 4.68 Å². The molecule has 0 atom stereocenters. The quantitative estimate of drug-likeness (QED) is 0.662. The lowest BCUT2D eigenvalue weighted by Gasteiger charge is -2.08. The Labute approximate surface area is 114 Å². The summed E-state index contributed by atoms with van der Waals surface area (Å²) in [4.78, 5) is 0. The Hall–Kier alpha value is -1.24. The molecule has 0 saturated heterocycles. The molecule has 0 aliphatic rings. The lowest BCUT2D eigenvalue weighted by Crippen LogP contribution is -2.06. The summed E-state index contributed by atoms with van der Waals surface area (Å²) >= 11 is 2.25. The third-order valence-corrected chi connectivity index (χ3v) is 3.17. The highest BCUT2D eigenvalue weighted by molar-refractivity contribution is 14.1. The first-order chi connectivity index (χ1) is 8.15. The van der Waals surface area contributed by atoms with E-state index in [-0.39, 0.29) is 0 Å². The third-order valence-electron chi connectivity index (χ3n) is 2.50. The predicted molar refractivity (Wildman–Crippen MR) is 79.0 cm³/mol. The number of halogens is 1. The molecule has 0 amide bonds. The number of anilines is 2. The number of hydrogen-bond donors (Lipinski definition) is 2. The lowest BCUT2D eigenvalue weighted by molar-refractivity contribution is 0.767. The maximum atomic E-state index is 5.92. The summed E-state index contributed by atoms with van der Waals surface area (Å²) in [6.07, 6.45) is 4.86. The van der Waals surface area contributed by atoms with Crippen LogP contribution in [0.3, 0.4) is 0 Å². The number of nitrogens with one attached hydrogen (secondary N) is 1. The minimum Gasteiger partial charge on any atom is -0.397 e. The molecule has 1 aromatic heterocycles. The lowest BCUT2D eigenvalue weighted by atomic mass is 10.2. The molecule has 5 heteroatoms. The minimum atomic E-state index is 0.795. The van der Waals surface area contributed by atoms with E-state index < -0.39 is 0 Å². The van der Waals surface area contributed by atoms with E-state index in [1.807, 2.05) is 42.3 Å². The van der Waals surface area contributed by atoms with Gasteiger partial charge in [-0.05, 0) is 52.8 Å². The van der Waals surface area contributed by atoms with Crippen LogP contribution in [0.25, 0.3) is 0 Å². The number of nitrogen functional groups attached to an aromatic ring is 1. The summed E-state index contributed by atoms with van der Waals surface area (Å²) in [6.45, 7) is 0.858. The van der Waals surface area contributed by atoms with Crippen LogP contribution in [0.4, 0.5) is 11.4 Å². The van der Waals surface area contributed by atoms with Crippen LogP contribution in [0.2, 0.25) is 0 Å². The highest BCUT2D eigenvalue weighted by Gasteiger charge is 2.00. The number of nitrogens with zero attached hydrogens (tertiary/aromatic N) is 2. The molecule has 0 aliphatic heterocycles. The van der Waals surface area contributed by atoms with Crippen molar-refractivity contribution in [2.24, 2.45) is 7.05 Å². The minimum absolute atomic E-state index is 0.795. The Kier molecular flexibility index (Phi) is 3.88. The second-order valence-corrected chi connectivity index (χ2v) is 5.18. The van der Waals surface area contributed by atoms with E-state index in [0.717, 1.165) is 27.9 Å². The number of nitrogens with two attached hydrogens (primary N) is 1. The largest absolute Gasteiger partial charge is 0.397 e. The first-order valence-corrected chi connectivity index (χ1v) is 6.49. The normalized spacial score (nSPS) is 10.5. The zero-order chi connectivity index (χ0) is 12.3. The Morgan fingerprint density at radius 2 is 2.29 bits per heavy atom. The number of aryl methyl sites for hydroxylation is 1. The summed E-state index contributed by atoms with van der Waals surface area (Å²) < 4.78 is 2.96.